The Kier molecular flexibility index (Phi) is 14.4. The summed E-state index contributed by atoms with van der Waals surface area (Å²) < 4.78 is 61.4. The fraction of sp³-hybridized carbons (Fsp3) is 0.447. The monoisotopic (exact) mass is 813 g/mol. The van der Waals surface area contributed by atoms with Crippen LogP contribution >= 0.6 is 0 Å². The number of anilines is 1. The number of ketones is 1. The first-order valence-corrected chi connectivity index (χ1v) is 23.7. The van der Waals surface area contributed by atoms with Gasteiger partial charge >= 0.3 is 0 Å². The zero-order valence-corrected chi connectivity index (χ0v) is 36.3. The van der Waals surface area contributed by atoms with Crippen LogP contribution in [0.4, 0.5) is 11.4 Å². The minimum absolute atomic E-state index is 0.0510. The number of Topliss-reactive ketones (excluding diaryl/α,β-unsaturated/α-hetero) is 1. The Bertz CT molecular complexity index is 2270. The molecule has 3 aromatic carbocycles. The largest absolute Gasteiger partial charge is 0.344 e. The quantitative estimate of drug-likeness (QED) is 0.0524. The maximum absolute atomic E-state index is 12.7. The normalized spacial score (nSPS) is 17.0. The molecule has 3 aromatic rings. The molecule has 0 radical (unpaired) electrons. The maximum atomic E-state index is 12.7. The van der Waals surface area contributed by atoms with Gasteiger partial charge in [0, 0.05) is 60.3 Å². The molecule has 57 heavy (non-hydrogen) atoms. The van der Waals surface area contributed by atoms with Crippen molar-refractivity contribution >= 4 is 42.8 Å². The summed E-state index contributed by atoms with van der Waals surface area (Å²) in [6.45, 7) is 14.5. The molecule has 0 amide bonds. The average molecular weight is 814 g/mol. The molecule has 0 aliphatic carbocycles. The molecule has 2 aliphatic heterocycles. The van der Waals surface area contributed by atoms with Crippen molar-refractivity contribution in [2.45, 2.75) is 115 Å². The maximum Gasteiger partial charge on any atom is 0.294 e. The van der Waals surface area contributed by atoms with Gasteiger partial charge in [0.2, 0.25) is 5.69 Å². The van der Waals surface area contributed by atoms with Gasteiger partial charge in [-0.05, 0) is 102 Å². The minimum Gasteiger partial charge on any atom is -0.344 e. The van der Waals surface area contributed by atoms with Gasteiger partial charge in [-0.15, -0.1) is 0 Å². The van der Waals surface area contributed by atoms with Gasteiger partial charge in [0.15, 0.2) is 5.71 Å². The van der Waals surface area contributed by atoms with E-state index in [9.17, 15) is 26.2 Å². The molecule has 2 heterocycles. The number of hydrogen-bond acceptors (Lipinski definition) is 6. The Morgan fingerprint density at radius 3 is 2.21 bits per heavy atom. The van der Waals surface area contributed by atoms with Crippen LogP contribution in [0.15, 0.2) is 108 Å². The number of likely N-dealkylation sites (N-methyl/N-ethyl adjacent to an activating group) is 1. The van der Waals surface area contributed by atoms with Crippen molar-refractivity contribution < 1.29 is 30.8 Å². The molecule has 8 nitrogen and oxygen atoms in total. The third kappa shape index (κ3) is 10.9. The van der Waals surface area contributed by atoms with E-state index in [1.807, 2.05) is 30.4 Å². The van der Waals surface area contributed by atoms with Crippen molar-refractivity contribution in [3.05, 3.63) is 125 Å². The van der Waals surface area contributed by atoms with Gasteiger partial charge in [0.05, 0.1) is 21.8 Å². The predicted octanol–water partition coefficient (Wildman–Crippen LogP) is 9.78. The van der Waals surface area contributed by atoms with Crippen LogP contribution in [-0.2, 0) is 42.0 Å². The molecule has 306 valence electrons. The molecule has 5 rings (SSSR count). The molecule has 0 aromatic heterocycles. The predicted molar refractivity (Wildman–Crippen MR) is 233 cm³/mol. The fourth-order valence-electron chi connectivity index (χ4n) is 8.32. The van der Waals surface area contributed by atoms with Gasteiger partial charge in [0.1, 0.15) is 22.2 Å². The molecule has 0 saturated carbocycles. The summed E-state index contributed by atoms with van der Waals surface area (Å²) >= 11 is 0. The van der Waals surface area contributed by atoms with Crippen LogP contribution in [0.2, 0.25) is 0 Å². The third-order valence-electron chi connectivity index (χ3n) is 11.5. The lowest BCUT2D eigenvalue weighted by atomic mass is 9.81. The second-order valence-electron chi connectivity index (χ2n) is 16.5. The van der Waals surface area contributed by atoms with Gasteiger partial charge in [-0.2, -0.15) is 13.0 Å². The molecular formula is C47H61N2O6S2+. The third-order valence-corrected chi connectivity index (χ3v) is 14.2. The standard InChI is InChI=1S/C47H60N2O6S2/c1-7-48-42-29-27-36(2)34-40(42)46(3,4)44(48)25-14-9-15-26-45-47(5,6)41-35-39(57(53,54)55)28-30-43(41)49(45)31-17-10-13-23-38(50)24-19-33-56(51,52)32-18-16-22-37-20-11-8-12-21-37/h8-9,11-12,14-15,20-21,25-30,34-35H,7,10,13,16-19,22-24,31-33H2,1-6H3/p+1. The van der Waals surface area contributed by atoms with E-state index in [-0.39, 0.29) is 34.0 Å². The lowest BCUT2D eigenvalue weighted by molar-refractivity contribution is -0.438. The number of carbonyl (C=O) groups excluding carboxylic acids is 1. The first-order chi connectivity index (χ1) is 27.0. The Morgan fingerprint density at radius 1 is 0.772 bits per heavy atom. The van der Waals surface area contributed by atoms with E-state index in [4.69, 9.17) is 0 Å². The number of benzene rings is 3. The summed E-state index contributed by atoms with van der Waals surface area (Å²) in [5.74, 6) is 0.309. The molecule has 0 atom stereocenters. The Balaban J connectivity index is 1.18. The van der Waals surface area contributed by atoms with Gasteiger partial charge in [-0.1, -0.05) is 80.1 Å². The minimum atomic E-state index is -4.38. The van der Waals surface area contributed by atoms with Crippen molar-refractivity contribution in [3.8, 4) is 0 Å². The van der Waals surface area contributed by atoms with E-state index >= 15 is 0 Å². The number of nitrogens with zero attached hydrogens (tertiary/aromatic N) is 2. The Hall–Kier alpha value is -4.12. The van der Waals surface area contributed by atoms with Gasteiger partial charge < -0.3 is 4.90 Å². The van der Waals surface area contributed by atoms with E-state index in [0.717, 1.165) is 49.2 Å². The molecule has 2 aliphatic rings. The summed E-state index contributed by atoms with van der Waals surface area (Å²) in [6.07, 6.45) is 16.1. The topological polar surface area (TPSA) is 112 Å². The molecular weight excluding hydrogens is 753 g/mol. The second-order valence-corrected chi connectivity index (χ2v) is 20.3. The number of aryl methyl sites for hydroxylation is 2. The molecule has 0 saturated heterocycles. The summed E-state index contributed by atoms with van der Waals surface area (Å²) in [5.41, 5.74) is 8.34. The van der Waals surface area contributed by atoms with Crippen LogP contribution in [0, 0.1) is 6.92 Å². The van der Waals surface area contributed by atoms with Crippen LogP contribution in [0.3, 0.4) is 0 Å². The van der Waals surface area contributed by atoms with Gasteiger partial charge in [-0.25, -0.2) is 8.42 Å². The number of hydrogen-bond donors (Lipinski definition) is 1. The van der Waals surface area contributed by atoms with Gasteiger partial charge in [0.25, 0.3) is 10.1 Å². The zero-order chi connectivity index (χ0) is 41.4. The second kappa shape index (κ2) is 18.6. The van der Waals surface area contributed by atoms with Crippen molar-refractivity contribution in [3.63, 3.8) is 0 Å². The highest BCUT2D eigenvalue weighted by Crippen LogP contribution is 2.48. The van der Waals surface area contributed by atoms with Crippen LogP contribution in [0.5, 0.6) is 0 Å². The van der Waals surface area contributed by atoms with Crippen molar-refractivity contribution in [2.75, 3.05) is 29.5 Å². The highest BCUT2D eigenvalue weighted by atomic mass is 32.2. The smallest absolute Gasteiger partial charge is 0.294 e. The molecule has 0 fully saturated rings. The summed E-state index contributed by atoms with van der Waals surface area (Å²) in [4.78, 5) is 14.9. The van der Waals surface area contributed by atoms with Crippen molar-refractivity contribution in [2.24, 2.45) is 0 Å². The fourth-order valence-corrected chi connectivity index (χ4v) is 10.3. The Morgan fingerprint density at radius 2 is 1.49 bits per heavy atom. The SMILES string of the molecule is CCN1C(=CC=CC=CC2=[N+](CCCCCC(=O)CCCS(=O)(=O)CCCCc3ccccc3)c3ccc(S(=O)(=O)O)cc3C2(C)C)C(C)(C)c2cc(C)ccc21. The van der Waals surface area contributed by atoms with Crippen LogP contribution in [0.25, 0.3) is 0 Å². The van der Waals surface area contributed by atoms with Gasteiger partial charge in [-0.3, -0.25) is 9.35 Å². The summed E-state index contributed by atoms with van der Waals surface area (Å²) in [7, 11) is -7.55. The van der Waals surface area contributed by atoms with Crippen LogP contribution in [-0.4, -0.2) is 62.1 Å². The number of rotatable bonds is 20. The number of fused-ring (bicyclic) bond motifs is 2. The number of allylic oxidation sites excluding steroid dienone is 6. The molecule has 0 spiro atoms. The lowest BCUT2D eigenvalue weighted by Gasteiger charge is -2.25. The summed E-state index contributed by atoms with van der Waals surface area (Å²) in [5, 5.41) is 0. The first-order valence-electron chi connectivity index (χ1n) is 20.4. The Labute approximate surface area is 341 Å². The number of carbonyl (C=O) groups is 1. The molecule has 10 heteroatoms. The highest BCUT2D eigenvalue weighted by molar-refractivity contribution is 7.91. The van der Waals surface area contributed by atoms with Crippen LogP contribution < -0.4 is 4.90 Å². The number of sulfone groups is 1. The van der Waals surface area contributed by atoms with E-state index in [2.05, 4.69) is 99.6 Å². The van der Waals surface area contributed by atoms with E-state index in [1.54, 1.807) is 12.1 Å². The lowest BCUT2D eigenvalue weighted by Crippen LogP contribution is -2.28. The highest BCUT2D eigenvalue weighted by Gasteiger charge is 2.45. The molecule has 1 N–H and O–H groups in total. The van der Waals surface area contributed by atoms with Crippen molar-refractivity contribution in [1.29, 1.82) is 0 Å². The van der Waals surface area contributed by atoms with E-state index in [0.29, 0.717) is 32.2 Å². The number of unbranched alkanes of at least 4 members (excludes halogenated alkanes) is 3. The summed E-state index contributed by atoms with van der Waals surface area (Å²) in [6, 6.07) is 21.5. The molecule has 0 bridgehead atoms. The van der Waals surface area contributed by atoms with E-state index < -0.39 is 25.4 Å². The first kappa shape index (κ1) is 44.0. The van der Waals surface area contributed by atoms with E-state index in [1.165, 1.54) is 34.1 Å². The molecule has 0 unspecified atom stereocenters. The van der Waals surface area contributed by atoms with Crippen LogP contribution in [0.1, 0.15) is 108 Å². The average Bonchev–Trinajstić information content (AvgIpc) is 3.50. The zero-order valence-electron chi connectivity index (χ0n) is 34.6. The van der Waals surface area contributed by atoms with Crippen molar-refractivity contribution in [1.82, 2.24) is 0 Å².